The van der Waals surface area contributed by atoms with Crippen LogP contribution >= 0.6 is 15.9 Å². The summed E-state index contributed by atoms with van der Waals surface area (Å²) >= 11 is 3.24. The van der Waals surface area contributed by atoms with Crippen LogP contribution in [0.2, 0.25) is 0 Å². The number of aryl methyl sites for hydroxylation is 1. The zero-order valence-electron chi connectivity index (χ0n) is 14.3. The molecule has 3 aromatic heterocycles. The van der Waals surface area contributed by atoms with E-state index >= 15 is 0 Å². The van der Waals surface area contributed by atoms with Gasteiger partial charge in [0, 0.05) is 34.9 Å². The van der Waals surface area contributed by atoms with Crippen molar-refractivity contribution in [2.75, 3.05) is 7.11 Å². The summed E-state index contributed by atoms with van der Waals surface area (Å²) in [5, 5.41) is 8.65. The van der Waals surface area contributed by atoms with E-state index < -0.39 is 11.8 Å². The highest BCUT2D eigenvalue weighted by atomic mass is 79.9. The number of aromatic nitrogens is 5. The molecule has 4 aromatic rings. The van der Waals surface area contributed by atoms with E-state index in [2.05, 4.69) is 31.1 Å². The van der Waals surface area contributed by atoms with Crippen molar-refractivity contribution in [3.63, 3.8) is 0 Å². The van der Waals surface area contributed by atoms with Gasteiger partial charge in [-0.2, -0.15) is 10.2 Å². The minimum Gasteiger partial charge on any atom is -0.464 e. The van der Waals surface area contributed by atoms with E-state index in [1.165, 1.54) is 13.2 Å². The van der Waals surface area contributed by atoms with Crippen LogP contribution in [0.1, 0.15) is 10.5 Å². The van der Waals surface area contributed by atoms with Crippen molar-refractivity contribution in [3.05, 3.63) is 58.7 Å². The zero-order valence-corrected chi connectivity index (χ0v) is 15.9. The Labute approximate surface area is 161 Å². The van der Waals surface area contributed by atoms with Gasteiger partial charge in [-0.1, -0.05) is 15.9 Å². The van der Waals surface area contributed by atoms with E-state index in [1.54, 1.807) is 52.9 Å². The monoisotopic (exact) mass is 429 g/mol. The van der Waals surface area contributed by atoms with Crippen LogP contribution in [-0.4, -0.2) is 37.5 Å². The molecule has 4 rings (SSSR count). The Morgan fingerprint density at radius 3 is 2.74 bits per heavy atom. The second-order valence-electron chi connectivity index (χ2n) is 5.84. The highest BCUT2D eigenvalue weighted by Gasteiger charge is 2.18. The van der Waals surface area contributed by atoms with E-state index in [0.717, 1.165) is 5.56 Å². The molecule has 0 spiro atoms. The molecule has 0 aliphatic rings. The lowest BCUT2D eigenvalue weighted by Gasteiger charge is -2.05. The van der Waals surface area contributed by atoms with Gasteiger partial charge in [0.05, 0.1) is 24.7 Å². The Kier molecular flexibility index (Phi) is 4.23. The smallest absolute Gasteiger partial charge is 0.356 e. The number of carbonyl (C=O) groups excluding carboxylic acids is 1. The SMILES string of the molecule is COC(=O)c1cc(-c2cnn(C)c2)n2nc(-c3ccc(Br)cc3F)cc2n1. The lowest BCUT2D eigenvalue weighted by Crippen LogP contribution is -2.07. The molecule has 1 aromatic carbocycles. The van der Waals surface area contributed by atoms with Crippen molar-refractivity contribution in [3.8, 4) is 22.5 Å². The number of methoxy groups -OCH3 is 1. The standard InChI is InChI=1S/C18H13BrFN5O2/c1-24-9-10(8-21-24)16-6-15(18(26)27-2)22-17-7-14(23-25(16)17)12-4-3-11(19)5-13(12)20/h3-9H,1-2H3. The largest absolute Gasteiger partial charge is 0.464 e. The number of hydrogen-bond donors (Lipinski definition) is 0. The van der Waals surface area contributed by atoms with E-state index in [0.29, 0.717) is 27.1 Å². The minimum absolute atomic E-state index is 0.131. The molecular formula is C18H13BrFN5O2. The van der Waals surface area contributed by atoms with Crippen molar-refractivity contribution < 1.29 is 13.9 Å². The fourth-order valence-electron chi connectivity index (χ4n) is 2.77. The Bertz CT molecular complexity index is 1180. The summed E-state index contributed by atoms with van der Waals surface area (Å²) in [6.07, 6.45) is 3.44. The molecule has 0 amide bonds. The number of hydrogen-bond acceptors (Lipinski definition) is 5. The average Bonchev–Trinajstić information content (AvgIpc) is 3.26. The summed E-state index contributed by atoms with van der Waals surface area (Å²) in [6, 6.07) is 7.93. The number of carbonyl (C=O) groups is 1. The van der Waals surface area contributed by atoms with Gasteiger partial charge in [0.1, 0.15) is 5.82 Å². The Morgan fingerprint density at radius 1 is 1.26 bits per heavy atom. The third-order valence-electron chi connectivity index (χ3n) is 4.03. The molecule has 0 aliphatic carbocycles. The van der Waals surface area contributed by atoms with Gasteiger partial charge in [-0.3, -0.25) is 4.68 Å². The predicted molar refractivity (Wildman–Crippen MR) is 99.6 cm³/mol. The van der Waals surface area contributed by atoms with Crippen LogP contribution in [0.25, 0.3) is 28.2 Å². The van der Waals surface area contributed by atoms with Gasteiger partial charge >= 0.3 is 5.97 Å². The molecule has 0 saturated carbocycles. The molecule has 9 heteroatoms. The van der Waals surface area contributed by atoms with Crippen LogP contribution in [0.15, 0.2) is 47.2 Å². The molecule has 0 fully saturated rings. The molecule has 0 N–H and O–H groups in total. The number of rotatable bonds is 3. The zero-order chi connectivity index (χ0) is 19.1. The maximum absolute atomic E-state index is 14.4. The van der Waals surface area contributed by atoms with E-state index in [1.807, 2.05) is 0 Å². The molecule has 0 atom stereocenters. The van der Waals surface area contributed by atoms with Gasteiger partial charge in [-0.25, -0.2) is 18.7 Å². The lowest BCUT2D eigenvalue weighted by molar-refractivity contribution is 0.0594. The second kappa shape index (κ2) is 6.58. The van der Waals surface area contributed by atoms with Crippen molar-refractivity contribution in [1.29, 1.82) is 0 Å². The molecule has 0 saturated heterocycles. The molecule has 136 valence electrons. The fourth-order valence-corrected chi connectivity index (χ4v) is 3.10. The third kappa shape index (κ3) is 3.10. The Hall–Kier alpha value is -3.07. The molecule has 7 nitrogen and oxygen atoms in total. The number of halogens is 2. The summed E-state index contributed by atoms with van der Waals surface area (Å²) in [4.78, 5) is 16.3. The van der Waals surface area contributed by atoms with Crippen LogP contribution in [0.5, 0.6) is 0 Å². The fraction of sp³-hybridized carbons (Fsp3) is 0.111. The first-order chi connectivity index (χ1) is 13.0. The van der Waals surface area contributed by atoms with Crippen LogP contribution in [0.3, 0.4) is 0 Å². The lowest BCUT2D eigenvalue weighted by atomic mass is 10.1. The van der Waals surface area contributed by atoms with Crippen LogP contribution in [0.4, 0.5) is 4.39 Å². The maximum Gasteiger partial charge on any atom is 0.356 e. The van der Waals surface area contributed by atoms with Gasteiger partial charge in [0.15, 0.2) is 11.3 Å². The van der Waals surface area contributed by atoms with Crippen LogP contribution < -0.4 is 0 Å². The van der Waals surface area contributed by atoms with Crippen LogP contribution in [0, 0.1) is 5.82 Å². The quantitative estimate of drug-likeness (QED) is 0.466. The van der Waals surface area contributed by atoms with Gasteiger partial charge in [0.25, 0.3) is 0 Å². The first kappa shape index (κ1) is 17.3. The first-order valence-corrected chi connectivity index (χ1v) is 8.69. The van der Waals surface area contributed by atoms with Crippen molar-refractivity contribution in [1.82, 2.24) is 24.4 Å². The molecule has 3 heterocycles. The number of esters is 1. The number of nitrogens with zero attached hydrogens (tertiary/aromatic N) is 5. The highest BCUT2D eigenvalue weighted by molar-refractivity contribution is 9.10. The molecule has 0 radical (unpaired) electrons. The predicted octanol–water partition coefficient (Wildman–Crippen LogP) is 3.49. The summed E-state index contributed by atoms with van der Waals surface area (Å²) in [5.41, 5.74) is 2.60. The number of ether oxygens (including phenoxy) is 1. The van der Waals surface area contributed by atoms with Gasteiger partial charge in [0.2, 0.25) is 0 Å². The van der Waals surface area contributed by atoms with E-state index in [9.17, 15) is 9.18 Å². The number of benzene rings is 1. The van der Waals surface area contributed by atoms with Gasteiger partial charge in [-0.05, 0) is 24.3 Å². The summed E-state index contributed by atoms with van der Waals surface area (Å²) in [6.45, 7) is 0. The highest BCUT2D eigenvalue weighted by Crippen LogP contribution is 2.28. The molecule has 0 aliphatic heterocycles. The topological polar surface area (TPSA) is 74.3 Å². The summed E-state index contributed by atoms with van der Waals surface area (Å²) in [5.74, 6) is -0.982. The third-order valence-corrected chi connectivity index (χ3v) is 4.52. The molecule has 0 bridgehead atoms. The number of fused-ring (bicyclic) bond motifs is 1. The van der Waals surface area contributed by atoms with Crippen molar-refractivity contribution in [2.45, 2.75) is 0 Å². The summed E-state index contributed by atoms with van der Waals surface area (Å²) in [7, 11) is 3.08. The molecular weight excluding hydrogens is 417 g/mol. The second-order valence-corrected chi connectivity index (χ2v) is 6.76. The van der Waals surface area contributed by atoms with E-state index in [-0.39, 0.29) is 5.69 Å². The average molecular weight is 430 g/mol. The van der Waals surface area contributed by atoms with Crippen LogP contribution in [-0.2, 0) is 11.8 Å². The summed E-state index contributed by atoms with van der Waals surface area (Å²) < 4.78 is 23.0. The van der Waals surface area contributed by atoms with Crippen molar-refractivity contribution >= 4 is 27.5 Å². The van der Waals surface area contributed by atoms with Gasteiger partial charge in [-0.15, -0.1) is 0 Å². The Balaban J connectivity index is 1.97. The van der Waals surface area contributed by atoms with E-state index in [4.69, 9.17) is 4.74 Å². The van der Waals surface area contributed by atoms with Gasteiger partial charge < -0.3 is 4.74 Å². The Morgan fingerprint density at radius 2 is 2.07 bits per heavy atom. The first-order valence-electron chi connectivity index (χ1n) is 7.90. The molecule has 27 heavy (non-hydrogen) atoms. The maximum atomic E-state index is 14.4. The van der Waals surface area contributed by atoms with Crippen molar-refractivity contribution in [2.24, 2.45) is 7.05 Å². The molecule has 0 unspecified atom stereocenters. The minimum atomic E-state index is -0.569. The normalized spacial score (nSPS) is 11.1.